The van der Waals surface area contributed by atoms with Gasteiger partial charge in [0.1, 0.15) is 6.61 Å². The van der Waals surface area contributed by atoms with E-state index in [0.29, 0.717) is 9.75 Å². The normalized spacial score (nSPS) is 9.75. The lowest BCUT2D eigenvalue weighted by Crippen LogP contribution is -2.14. The summed E-state index contributed by atoms with van der Waals surface area (Å²) in [5, 5.41) is 18.9. The molecule has 7 heteroatoms. The molecule has 2 aromatic rings. The molecule has 0 aliphatic heterocycles. The first-order valence-electron chi connectivity index (χ1n) is 5.79. The third-order valence-corrected chi connectivity index (χ3v) is 3.44. The predicted octanol–water partition coefficient (Wildman–Crippen LogP) is 1.15. The number of aliphatic hydroxyl groups is 1. The van der Waals surface area contributed by atoms with Gasteiger partial charge in [-0.3, -0.25) is 10.1 Å². The Morgan fingerprint density at radius 1 is 1.35 bits per heavy atom. The molecule has 2 heterocycles. The van der Waals surface area contributed by atoms with Crippen molar-refractivity contribution >= 4 is 23.2 Å². The quantitative estimate of drug-likeness (QED) is 0.809. The third kappa shape index (κ3) is 3.38. The smallest absolute Gasteiger partial charge is 0.268 e. The largest absolute Gasteiger partial charge is 0.384 e. The summed E-state index contributed by atoms with van der Waals surface area (Å²) in [7, 11) is 0. The van der Waals surface area contributed by atoms with Crippen LogP contribution in [0.1, 0.15) is 25.9 Å². The standard InChI is InChI=1S/C13H12N4O2S/c1-8-9(2)16-17-13(14-8)15-12(19)11-6-5-10(20-11)4-3-7-18/h5-6,18H,7H2,1-2H3,(H,14,15,17,19). The average Bonchev–Trinajstić information content (AvgIpc) is 2.89. The van der Waals surface area contributed by atoms with Gasteiger partial charge < -0.3 is 5.11 Å². The highest BCUT2D eigenvalue weighted by Gasteiger charge is 2.11. The molecule has 0 aliphatic carbocycles. The van der Waals surface area contributed by atoms with Crippen molar-refractivity contribution in [2.24, 2.45) is 0 Å². The third-order valence-electron chi connectivity index (χ3n) is 2.44. The molecule has 0 aromatic carbocycles. The van der Waals surface area contributed by atoms with Gasteiger partial charge in [-0.1, -0.05) is 11.8 Å². The number of nitrogens with zero attached hydrogens (tertiary/aromatic N) is 3. The van der Waals surface area contributed by atoms with E-state index in [2.05, 4.69) is 32.3 Å². The zero-order valence-electron chi connectivity index (χ0n) is 11.0. The second-order valence-electron chi connectivity index (χ2n) is 3.88. The summed E-state index contributed by atoms with van der Waals surface area (Å²) >= 11 is 1.23. The van der Waals surface area contributed by atoms with Crippen molar-refractivity contribution in [3.63, 3.8) is 0 Å². The van der Waals surface area contributed by atoms with Gasteiger partial charge in [-0.25, -0.2) is 4.98 Å². The Balaban J connectivity index is 2.11. The van der Waals surface area contributed by atoms with Crippen molar-refractivity contribution < 1.29 is 9.90 Å². The van der Waals surface area contributed by atoms with Crippen LogP contribution in [-0.4, -0.2) is 32.8 Å². The molecule has 6 nitrogen and oxygen atoms in total. The van der Waals surface area contributed by atoms with Crippen molar-refractivity contribution in [1.82, 2.24) is 15.2 Å². The first kappa shape index (κ1) is 14.1. The molecule has 0 saturated carbocycles. The number of nitrogens with one attached hydrogen (secondary N) is 1. The van der Waals surface area contributed by atoms with E-state index >= 15 is 0 Å². The van der Waals surface area contributed by atoms with Crippen LogP contribution < -0.4 is 5.32 Å². The van der Waals surface area contributed by atoms with Gasteiger partial charge in [-0.05, 0) is 26.0 Å². The van der Waals surface area contributed by atoms with E-state index in [0.717, 1.165) is 11.4 Å². The minimum Gasteiger partial charge on any atom is -0.384 e. The van der Waals surface area contributed by atoms with Gasteiger partial charge in [0.25, 0.3) is 5.91 Å². The SMILES string of the molecule is Cc1nnc(NC(=O)c2ccc(C#CCO)s2)nc1C. The summed E-state index contributed by atoms with van der Waals surface area (Å²) in [6.45, 7) is 3.39. The topological polar surface area (TPSA) is 88.0 Å². The van der Waals surface area contributed by atoms with Gasteiger partial charge in [0.2, 0.25) is 5.95 Å². The maximum atomic E-state index is 12.0. The van der Waals surface area contributed by atoms with E-state index in [9.17, 15) is 4.79 Å². The second-order valence-corrected chi connectivity index (χ2v) is 4.97. The second kappa shape index (κ2) is 6.23. The number of rotatable bonds is 2. The lowest BCUT2D eigenvalue weighted by atomic mass is 10.4. The highest BCUT2D eigenvalue weighted by molar-refractivity contribution is 7.14. The summed E-state index contributed by atoms with van der Waals surface area (Å²) < 4.78 is 0. The van der Waals surface area contributed by atoms with Crippen LogP contribution in [-0.2, 0) is 0 Å². The Morgan fingerprint density at radius 3 is 2.85 bits per heavy atom. The Bertz CT molecular complexity index is 700. The molecule has 2 aromatic heterocycles. The van der Waals surface area contributed by atoms with E-state index < -0.39 is 0 Å². The van der Waals surface area contributed by atoms with Gasteiger partial charge in [0.05, 0.1) is 21.1 Å². The Kier molecular flexibility index (Phi) is 4.40. The summed E-state index contributed by atoms with van der Waals surface area (Å²) in [5.41, 5.74) is 1.44. The van der Waals surface area contributed by atoms with Crippen LogP contribution in [0.2, 0.25) is 0 Å². The summed E-state index contributed by atoms with van der Waals surface area (Å²) in [5.74, 6) is 5.14. The molecule has 0 bridgehead atoms. The van der Waals surface area contributed by atoms with Gasteiger partial charge in [-0.15, -0.1) is 16.4 Å². The van der Waals surface area contributed by atoms with Crippen LogP contribution in [0, 0.1) is 25.7 Å². The van der Waals surface area contributed by atoms with Crippen LogP contribution in [0.25, 0.3) is 0 Å². The van der Waals surface area contributed by atoms with Gasteiger partial charge >= 0.3 is 0 Å². The van der Waals surface area contributed by atoms with Crippen molar-refractivity contribution in [2.75, 3.05) is 11.9 Å². The minimum atomic E-state index is -0.308. The lowest BCUT2D eigenvalue weighted by molar-refractivity contribution is 0.102. The van der Waals surface area contributed by atoms with Crippen molar-refractivity contribution in [3.05, 3.63) is 33.3 Å². The maximum Gasteiger partial charge on any atom is 0.268 e. The number of aliphatic hydroxyl groups excluding tert-OH is 1. The number of hydrogen-bond acceptors (Lipinski definition) is 6. The molecule has 0 saturated heterocycles. The molecule has 0 atom stereocenters. The summed E-state index contributed by atoms with van der Waals surface area (Å²) in [6, 6.07) is 3.39. The zero-order valence-corrected chi connectivity index (χ0v) is 11.8. The lowest BCUT2D eigenvalue weighted by Gasteiger charge is -2.02. The fourth-order valence-corrected chi connectivity index (χ4v) is 2.10. The first-order valence-corrected chi connectivity index (χ1v) is 6.60. The molecule has 2 N–H and O–H groups in total. The number of amides is 1. The fraction of sp³-hybridized carbons (Fsp3) is 0.231. The van der Waals surface area contributed by atoms with Crippen molar-refractivity contribution in [3.8, 4) is 11.8 Å². The molecule has 1 amide bonds. The maximum absolute atomic E-state index is 12.0. The Labute approximate surface area is 119 Å². The number of aryl methyl sites for hydroxylation is 2. The number of anilines is 1. The molecule has 0 fully saturated rings. The summed E-state index contributed by atoms with van der Waals surface area (Å²) in [6.07, 6.45) is 0. The molecule has 2 rings (SSSR count). The molecule has 0 unspecified atom stereocenters. The monoisotopic (exact) mass is 288 g/mol. The number of hydrogen-bond donors (Lipinski definition) is 2. The zero-order chi connectivity index (χ0) is 14.5. The van der Waals surface area contributed by atoms with Crippen LogP contribution in [0.3, 0.4) is 0 Å². The summed E-state index contributed by atoms with van der Waals surface area (Å²) in [4.78, 5) is 17.3. The van der Waals surface area contributed by atoms with E-state index in [1.807, 2.05) is 0 Å². The van der Waals surface area contributed by atoms with Gasteiger partial charge in [0.15, 0.2) is 0 Å². The van der Waals surface area contributed by atoms with Crippen LogP contribution in [0.5, 0.6) is 0 Å². The van der Waals surface area contributed by atoms with E-state index in [4.69, 9.17) is 5.11 Å². The number of carbonyl (C=O) groups is 1. The highest BCUT2D eigenvalue weighted by Crippen LogP contribution is 2.16. The molecular formula is C13H12N4O2S. The van der Waals surface area contributed by atoms with Crippen molar-refractivity contribution in [1.29, 1.82) is 0 Å². The van der Waals surface area contributed by atoms with Crippen molar-refractivity contribution in [2.45, 2.75) is 13.8 Å². The number of thiophene rings is 1. The average molecular weight is 288 g/mol. The number of aromatic nitrogens is 3. The predicted molar refractivity (Wildman–Crippen MR) is 75.5 cm³/mol. The van der Waals surface area contributed by atoms with Gasteiger partial charge in [-0.2, -0.15) is 5.10 Å². The van der Waals surface area contributed by atoms with Crippen LogP contribution >= 0.6 is 11.3 Å². The van der Waals surface area contributed by atoms with Crippen LogP contribution in [0.15, 0.2) is 12.1 Å². The highest BCUT2D eigenvalue weighted by atomic mass is 32.1. The minimum absolute atomic E-state index is 0.175. The molecule has 0 spiro atoms. The molecule has 0 radical (unpaired) electrons. The first-order chi connectivity index (χ1) is 9.60. The number of carbonyl (C=O) groups excluding carboxylic acids is 1. The molecule has 102 valence electrons. The molecule has 0 aliphatic rings. The van der Waals surface area contributed by atoms with E-state index in [1.54, 1.807) is 26.0 Å². The van der Waals surface area contributed by atoms with E-state index in [1.165, 1.54) is 11.3 Å². The van der Waals surface area contributed by atoms with Crippen LogP contribution in [0.4, 0.5) is 5.95 Å². The van der Waals surface area contributed by atoms with E-state index in [-0.39, 0.29) is 18.5 Å². The molecule has 20 heavy (non-hydrogen) atoms. The Morgan fingerprint density at radius 2 is 2.15 bits per heavy atom. The van der Waals surface area contributed by atoms with Gasteiger partial charge in [0, 0.05) is 0 Å². The molecular weight excluding hydrogens is 276 g/mol. The fourth-order valence-electron chi connectivity index (χ4n) is 1.33. The Hall–Kier alpha value is -2.30.